The molecule has 0 fully saturated rings. The zero-order valence-corrected chi connectivity index (χ0v) is 8.08. The van der Waals surface area contributed by atoms with Crippen LogP contribution in [0.25, 0.3) is 0 Å². The first-order chi connectivity index (χ1) is 6.15. The van der Waals surface area contributed by atoms with E-state index in [1.807, 2.05) is 23.9 Å². The molecule has 0 atom stereocenters. The second kappa shape index (κ2) is 4.12. The minimum atomic E-state index is -0.765. The first-order valence-corrected chi connectivity index (χ1v) is 4.50. The van der Waals surface area contributed by atoms with Crippen LogP contribution in [0.4, 0.5) is 0 Å². The average molecular weight is 181 g/mol. The molecule has 1 rings (SSSR count). The van der Waals surface area contributed by atoms with Gasteiger partial charge in [-0.25, -0.2) is 0 Å². The summed E-state index contributed by atoms with van der Waals surface area (Å²) in [6.45, 7) is 2.09. The predicted molar refractivity (Wildman–Crippen MR) is 50.7 cm³/mol. The summed E-state index contributed by atoms with van der Waals surface area (Å²) in [4.78, 5) is 10.6. The number of rotatable bonds is 4. The Bertz CT molecular complexity index is 302. The number of hydrogen-bond acceptors (Lipinski definition) is 1. The van der Waals surface area contributed by atoms with Gasteiger partial charge in [0.2, 0.25) is 0 Å². The number of carboxylic acid groups (broad SMARTS) is 1. The lowest BCUT2D eigenvalue weighted by Crippen LogP contribution is -2.07. The standard InChI is InChI=1S/C10H15NO2/c1-3-4-8-5-6-11(2)9(8)7-10(12)13/h5-6H,3-4,7H2,1-2H3,(H,12,13). The Morgan fingerprint density at radius 2 is 2.31 bits per heavy atom. The molecule has 0 unspecified atom stereocenters. The zero-order chi connectivity index (χ0) is 9.84. The Morgan fingerprint density at radius 3 is 2.85 bits per heavy atom. The van der Waals surface area contributed by atoms with E-state index < -0.39 is 5.97 Å². The van der Waals surface area contributed by atoms with Crippen molar-refractivity contribution in [2.24, 2.45) is 7.05 Å². The molecule has 1 heterocycles. The van der Waals surface area contributed by atoms with Crippen molar-refractivity contribution in [1.82, 2.24) is 4.57 Å². The Labute approximate surface area is 78.0 Å². The largest absolute Gasteiger partial charge is 0.481 e. The van der Waals surface area contributed by atoms with Gasteiger partial charge in [-0.1, -0.05) is 13.3 Å². The van der Waals surface area contributed by atoms with Gasteiger partial charge in [0.25, 0.3) is 0 Å². The fourth-order valence-corrected chi connectivity index (χ4v) is 1.49. The summed E-state index contributed by atoms with van der Waals surface area (Å²) in [5.41, 5.74) is 2.08. The van der Waals surface area contributed by atoms with E-state index in [0.717, 1.165) is 24.1 Å². The molecule has 1 aromatic rings. The molecular formula is C10H15NO2. The fraction of sp³-hybridized carbons (Fsp3) is 0.500. The quantitative estimate of drug-likeness (QED) is 0.766. The average Bonchev–Trinajstić information content (AvgIpc) is 2.36. The highest BCUT2D eigenvalue weighted by molar-refractivity contribution is 5.70. The summed E-state index contributed by atoms with van der Waals surface area (Å²) in [7, 11) is 1.89. The van der Waals surface area contributed by atoms with Crippen LogP contribution in [0.3, 0.4) is 0 Å². The zero-order valence-electron chi connectivity index (χ0n) is 8.08. The monoisotopic (exact) mass is 181 g/mol. The molecule has 1 N–H and O–H groups in total. The SMILES string of the molecule is CCCc1ccn(C)c1CC(=O)O. The van der Waals surface area contributed by atoms with Crippen molar-refractivity contribution >= 4 is 5.97 Å². The Morgan fingerprint density at radius 1 is 1.62 bits per heavy atom. The molecule has 3 nitrogen and oxygen atoms in total. The Hall–Kier alpha value is -1.25. The van der Waals surface area contributed by atoms with E-state index in [1.165, 1.54) is 0 Å². The molecule has 13 heavy (non-hydrogen) atoms. The lowest BCUT2D eigenvalue weighted by Gasteiger charge is -2.03. The van der Waals surface area contributed by atoms with Gasteiger partial charge in [-0.15, -0.1) is 0 Å². The molecule has 0 aliphatic carbocycles. The normalized spacial score (nSPS) is 10.3. The van der Waals surface area contributed by atoms with Crippen LogP contribution in [-0.4, -0.2) is 15.6 Å². The van der Waals surface area contributed by atoms with Gasteiger partial charge >= 0.3 is 5.97 Å². The van der Waals surface area contributed by atoms with E-state index >= 15 is 0 Å². The van der Waals surface area contributed by atoms with Crippen molar-refractivity contribution in [2.45, 2.75) is 26.2 Å². The molecule has 0 saturated heterocycles. The van der Waals surface area contributed by atoms with Crippen LogP contribution in [0, 0.1) is 0 Å². The number of hydrogen-bond donors (Lipinski definition) is 1. The van der Waals surface area contributed by atoms with Crippen LogP contribution < -0.4 is 0 Å². The number of aromatic nitrogens is 1. The number of aryl methyl sites for hydroxylation is 2. The van der Waals surface area contributed by atoms with Crippen molar-refractivity contribution in [1.29, 1.82) is 0 Å². The first kappa shape index (κ1) is 9.84. The van der Waals surface area contributed by atoms with Crippen molar-refractivity contribution in [3.8, 4) is 0 Å². The third kappa shape index (κ3) is 2.34. The molecule has 0 aliphatic rings. The van der Waals surface area contributed by atoms with E-state index in [4.69, 9.17) is 5.11 Å². The molecule has 0 aliphatic heterocycles. The van der Waals surface area contributed by atoms with Crippen molar-refractivity contribution < 1.29 is 9.90 Å². The Balaban J connectivity index is 2.87. The van der Waals surface area contributed by atoms with Gasteiger partial charge < -0.3 is 9.67 Å². The smallest absolute Gasteiger partial charge is 0.309 e. The highest BCUT2D eigenvalue weighted by Crippen LogP contribution is 2.12. The van der Waals surface area contributed by atoms with Crippen molar-refractivity contribution in [2.75, 3.05) is 0 Å². The lowest BCUT2D eigenvalue weighted by molar-refractivity contribution is -0.136. The van der Waals surface area contributed by atoms with Gasteiger partial charge in [0, 0.05) is 18.9 Å². The Kier molecular flexibility index (Phi) is 3.12. The molecule has 0 saturated carbocycles. The third-order valence-corrected chi connectivity index (χ3v) is 2.13. The van der Waals surface area contributed by atoms with Crippen LogP contribution in [0.1, 0.15) is 24.6 Å². The van der Waals surface area contributed by atoms with Gasteiger partial charge in [-0.3, -0.25) is 4.79 Å². The van der Waals surface area contributed by atoms with Crippen molar-refractivity contribution in [3.05, 3.63) is 23.5 Å². The first-order valence-electron chi connectivity index (χ1n) is 4.50. The minimum Gasteiger partial charge on any atom is -0.481 e. The maximum atomic E-state index is 10.6. The second-order valence-electron chi connectivity index (χ2n) is 3.22. The van der Waals surface area contributed by atoms with E-state index in [9.17, 15) is 4.79 Å². The maximum absolute atomic E-state index is 10.6. The summed E-state index contributed by atoms with van der Waals surface area (Å²) in [6.07, 6.45) is 4.06. The molecule has 0 spiro atoms. The number of carbonyl (C=O) groups is 1. The second-order valence-corrected chi connectivity index (χ2v) is 3.22. The van der Waals surface area contributed by atoms with Crippen LogP contribution >= 0.6 is 0 Å². The number of nitrogens with zero attached hydrogens (tertiary/aromatic N) is 1. The molecule has 0 bridgehead atoms. The van der Waals surface area contributed by atoms with Gasteiger partial charge in [-0.2, -0.15) is 0 Å². The van der Waals surface area contributed by atoms with Gasteiger partial charge in [0.1, 0.15) is 0 Å². The molecule has 1 aromatic heterocycles. The fourth-order valence-electron chi connectivity index (χ4n) is 1.49. The van der Waals surface area contributed by atoms with Crippen LogP contribution in [0.2, 0.25) is 0 Å². The molecule has 0 radical (unpaired) electrons. The highest BCUT2D eigenvalue weighted by Gasteiger charge is 2.09. The van der Waals surface area contributed by atoms with E-state index in [1.54, 1.807) is 0 Å². The van der Waals surface area contributed by atoms with Gasteiger partial charge in [-0.05, 0) is 18.1 Å². The summed E-state index contributed by atoms with van der Waals surface area (Å²) < 4.78 is 1.89. The minimum absolute atomic E-state index is 0.124. The van der Waals surface area contributed by atoms with E-state index in [-0.39, 0.29) is 6.42 Å². The van der Waals surface area contributed by atoms with Gasteiger partial charge in [0.05, 0.1) is 6.42 Å². The maximum Gasteiger partial charge on any atom is 0.309 e. The summed E-state index contributed by atoms with van der Waals surface area (Å²) in [6, 6.07) is 2.00. The summed E-state index contributed by atoms with van der Waals surface area (Å²) >= 11 is 0. The number of aliphatic carboxylic acids is 1. The van der Waals surface area contributed by atoms with Crippen LogP contribution in [-0.2, 0) is 24.7 Å². The van der Waals surface area contributed by atoms with Crippen LogP contribution in [0.5, 0.6) is 0 Å². The number of carboxylic acids is 1. The van der Waals surface area contributed by atoms with E-state index in [0.29, 0.717) is 0 Å². The molecular weight excluding hydrogens is 166 g/mol. The van der Waals surface area contributed by atoms with E-state index in [2.05, 4.69) is 6.92 Å². The van der Waals surface area contributed by atoms with Crippen molar-refractivity contribution in [3.63, 3.8) is 0 Å². The highest BCUT2D eigenvalue weighted by atomic mass is 16.4. The molecule has 0 amide bonds. The van der Waals surface area contributed by atoms with Gasteiger partial charge in [0.15, 0.2) is 0 Å². The molecule has 3 heteroatoms. The summed E-state index contributed by atoms with van der Waals surface area (Å²) in [5, 5.41) is 8.69. The summed E-state index contributed by atoms with van der Waals surface area (Å²) in [5.74, 6) is -0.765. The molecule has 72 valence electrons. The van der Waals surface area contributed by atoms with Crippen LogP contribution in [0.15, 0.2) is 12.3 Å². The lowest BCUT2D eigenvalue weighted by atomic mass is 10.1. The predicted octanol–water partition coefficient (Wildman–Crippen LogP) is 1.60. The molecule has 0 aromatic carbocycles. The topological polar surface area (TPSA) is 42.2 Å². The third-order valence-electron chi connectivity index (χ3n) is 2.13.